The molecule has 0 aliphatic rings. The van der Waals surface area contributed by atoms with Gasteiger partial charge in [0.25, 0.3) is 0 Å². The normalized spacial score (nSPS) is 10.8. The summed E-state index contributed by atoms with van der Waals surface area (Å²) in [6.45, 7) is 4.96. The number of nitrogens with one attached hydrogen (secondary N) is 1. The molecule has 1 aromatic heterocycles. The summed E-state index contributed by atoms with van der Waals surface area (Å²) < 4.78 is 16.6. The van der Waals surface area contributed by atoms with Crippen LogP contribution in [0.4, 0.5) is 5.00 Å². The molecule has 7 heteroatoms. The molecule has 0 aliphatic heterocycles. The molecule has 0 fully saturated rings. The van der Waals surface area contributed by atoms with Crippen molar-refractivity contribution >= 4 is 34.3 Å². The van der Waals surface area contributed by atoms with E-state index in [4.69, 9.17) is 14.2 Å². The van der Waals surface area contributed by atoms with Crippen molar-refractivity contribution in [2.24, 2.45) is 0 Å². The van der Waals surface area contributed by atoms with E-state index >= 15 is 0 Å². The summed E-state index contributed by atoms with van der Waals surface area (Å²) in [6, 6.07) is 24.9. The summed E-state index contributed by atoms with van der Waals surface area (Å²) in [5.41, 5.74) is 3.80. The number of amides is 1. The highest BCUT2D eigenvalue weighted by Crippen LogP contribution is 2.37. The third kappa shape index (κ3) is 7.11. The topological polar surface area (TPSA) is 73.9 Å². The van der Waals surface area contributed by atoms with Crippen molar-refractivity contribution < 1.29 is 23.8 Å². The maximum Gasteiger partial charge on any atom is 0.341 e. The zero-order valence-corrected chi connectivity index (χ0v) is 22.1. The second kappa shape index (κ2) is 13.3. The van der Waals surface area contributed by atoms with Gasteiger partial charge >= 0.3 is 5.97 Å². The number of rotatable bonds is 11. The Morgan fingerprint density at radius 2 is 1.53 bits per heavy atom. The van der Waals surface area contributed by atoms with E-state index in [0.29, 0.717) is 29.3 Å². The van der Waals surface area contributed by atoms with Crippen molar-refractivity contribution in [2.75, 3.05) is 18.5 Å². The maximum atomic E-state index is 12.8. The lowest BCUT2D eigenvalue weighted by atomic mass is 10.0. The fraction of sp³-hybridized carbons (Fsp3) is 0.161. The van der Waals surface area contributed by atoms with Gasteiger partial charge in [-0.25, -0.2) is 4.79 Å². The second-order valence-electron chi connectivity index (χ2n) is 8.20. The molecule has 1 heterocycles. The van der Waals surface area contributed by atoms with Gasteiger partial charge in [-0.2, -0.15) is 0 Å². The molecule has 4 aromatic rings. The van der Waals surface area contributed by atoms with Crippen molar-refractivity contribution in [1.29, 1.82) is 0 Å². The van der Waals surface area contributed by atoms with E-state index < -0.39 is 5.97 Å². The van der Waals surface area contributed by atoms with Crippen molar-refractivity contribution in [3.05, 3.63) is 107 Å². The molecule has 0 bridgehead atoms. The number of esters is 1. The van der Waals surface area contributed by atoms with Gasteiger partial charge in [-0.05, 0) is 60.9 Å². The number of anilines is 1. The Bertz CT molecular complexity index is 1380. The monoisotopic (exact) mass is 527 g/mol. The highest BCUT2D eigenvalue weighted by Gasteiger charge is 2.22. The fourth-order valence-corrected chi connectivity index (χ4v) is 4.67. The predicted molar refractivity (Wildman–Crippen MR) is 152 cm³/mol. The van der Waals surface area contributed by atoms with Crippen LogP contribution in [0, 0.1) is 0 Å². The van der Waals surface area contributed by atoms with Crippen LogP contribution in [0.15, 0.2) is 90.3 Å². The van der Waals surface area contributed by atoms with Crippen LogP contribution in [0.2, 0.25) is 0 Å². The quantitative estimate of drug-likeness (QED) is 0.165. The molecule has 3 aromatic carbocycles. The average Bonchev–Trinajstić information content (AvgIpc) is 3.36. The lowest BCUT2D eigenvalue weighted by molar-refractivity contribution is -0.111. The smallest absolute Gasteiger partial charge is 0.341 e. The molecule has 38 heavy (non-hydrogen) atoms. The number of hydrogen-bond acceptors (Lipinski definition) is 6. The Hall–Kier alpha value is -4.36. The lowest BCUT2D eigenvalue weighted by Crippen LogP contribution is -2.12. The van der Waals surface area contributed by atoms with Gasteiger partial charge in [0, 0.05) is 17.0 Å². The van der Waals surface area contributed by atoms with E-state index in [9.17, 15) is 9.59 Å². The Morgan fingerprint density at radius 1 is 0.842 bits per heavy atom. The van der Waals surface area contributed by atoms with Crippen LogP contribution >= 0.6 is 11.3 Å². The lowest BCUT2D eigenvalue weighted by Gasteiger charge is -2.09. The van der Waals surface area contributed by atoms with E-state index in [0.717, 1.165) is 28.2 Å². The number of carbonyl (C=O) groups is 2. The van der Waals surface area contributed by atoms with E-state index in [1.54, 1.807) is 13.0 Å². The fourth-order valence-electron chi connectivity index (χ4n) is 3.71. The van der Waals surface area contributed by atoms with Gasteiger partial charge in [-0.15, -0.1) is 11.3 Å². The van der Waals surface area contributed by atoms with Gasteiger partial charge in [0.2, 0.25) is 5.91 Å². The van der Waals surface area contributed by atoms with Gasteiger partial charge in [-0.3, -0.25) is 4.79 Å². The standard InChI is InChI=1S/C31H29NO5S/c1-3-35-25-17-13-24(14-18-25)27-21-38-30(29(27)31(34)36-4-2)32-28(33)19-12-22-10-15-26(16-11-22)37-20-23-8-6-5-7-9-23/h5-19,21H,3-4,20H2,1-2H3,(H,32,33)/b19-12+. The minimum Gasteiger partial charge on any atom is -0.494 e. The third-order valence-corrected chi connectivity index (χ3v) is 6.43. The Labute approximate surface area is 226 Å². The van der Waals surface area contributed by atoms with Crippen LogP contribution in [0.25, 0.3) is 17.2 Å². The van der Waals surface area contributed by atoms with Crippen LogP contribution in [0.3, 0.4) is 0 Å². The van der Waals surface area contributed by atoms with Crippen LogP contribution in [0.5, 0.6) is 11.5 Å². The largest absolute Gasteiger partial charge is 0.494 e. The van der Waals surface area contributed by atoms with E-state index in [2.05, 4.69) is 5.32 Å². The van der Waals surface area contributed by atoms with E-state index in [-0.39, 0.29) is 12.5 Å². The van der Waals surface area contributed by atoms with Gasteiger partial charge in [-0.1, -0.05) is 54.6 Å². The van der Waals surface area contributed by atoms with Crippen LogP contribution in [0.1, 0.15) is 35.3 Å². The van der Waals surface area contributed by atoms with Crippen LogP contribution < -0.4 is 14.8 Å². The Morgan fingerprint density at radius 3 is 2.21 bits per heavy atom. The molecule has 6 nitrogen and oxygen atoms in total. The third-order valence-electron chi connectivity index (χ3n) is 5.54. The molecule has 0 saturated carbocycles. The molecule has 194 valence electrons. The molecular weight excluding hydrogens is 498 g/mol. The molecule has 0 spiro atoms. The summed E-state index contributed by atoms with van der Waals surface area (Å²) in [5.74, 6) is 0.664. The number of thiophene rings is 1. The highest BCUT2D eigenvalue weighted by atomic mass is 32.1. The number of benzene rings is 3. The molecular formula is C31H29NO5S. The first-order chi connectivity index (χ1) is 18.6. The SMILES string of the molecule is CCOC(=O)c1c(-c2ccc(OCC)cc2)csc1NC(=O)/C=C/c1ccc(OCc2ccccc2)cc1. The summed E-state index contributed by atoms with van der Waals surface area (Å²) in [4.78, 5) is 25.5. The van der Waals surface area contributed by atoms with Crippen molar-refractivity contribution in [3.8, 4) is 22.6 Å². The number of hydrogen-bond donors (Lipinski definition) is 1. The number of ether oxygens (including phenoxy) is 3. The minimum absolute atomic E-state index is 0.232. The molecule has 0 saturated heterocycles. The zero-order valence-electron chi connectivity index (χ0n) is 21.3. The minimum atomic E-state index is -0.483. The molecule has 1 amide bonds. The van der Waals surface area contributed by atoms with Crippen molar-refractivity contribution in [1.82, 2.24) is 0 Å². The first kappa shape index (κ1) is 26.7. The summed E-state index contributed by atoms with van der Waals surface area (Å²) >= 11 is 1.28. The molecule has 0 aliphatic carbocycles. The van der Waals surface area contributed by atoms with Crippen LogP contribution in [-0.2, 0) is 16.1 Å². The summed E-state index contributed by atoms with van der Waals surface area (Å²) in [5, 5.41) is 5.11. The van der Waals surface area contributed by atoms with Gasteiger partial charge in [0.1, 0.15) is 28.7 Å². The summed E-state index contributed by atoms with van der Waals surface area (Å²) in [6.07, 6.45) is 3.15. The van der Waals surface area contributed by atoms with E-state index in [1.807, 2.05) is 91.2 Å². The zero-order chi connectivity index (χ0) is 26.7. The predicted octanol–water partition coefficient (Wildman–Crippen LogP) is 7.22. The average molecular weight is 528 g/mol. The molecule has 0 radical (unpaired) electrons. The molecule has 0 atom stereocenters. The maximum absolute atomic E-state index is 12.8. The molecule has 4 rings (SSSR count). The molecule has 0 unspecified atom stereocenters. The summed E-state index contributed by atoms with van der Waals surface area (Å²) in [7, 11) is 0. The van der Waals surface area contributed by atoms with Gasteiger partial charge < -0.3 is 19.5 Å². The second-order valence-corrected chi connectivity index (χ2v) is 9.08. The first-order valence-electron chi connectivity index (χ1n) is 12.3. The van der Waals surface area contributed by atoms with Gasteiger partial charge in [0.15, 0.2) is 0 Å². The Kier molecular flexibility index (Phi) is 9.32. The Balaban J connectivity index is 1.43. The van der Waals surface area contributed by atoms with Crippen LogP contribution in [-0.4, -0.2) is 25.1 Å². The first-order valence-corrected chi connectivity index (χ1v) is 13.2. The molecule has 1 N–H and O–H groups in total. The van der Waals surface area contributed by atoms with Crippen molar-refractivity contribution in [2.45, 2.75) is 20.5 Å². The number of carbonyl (C=O) groups excluding carboxylic acids is 2. The van der Waals surface area contributed by atoms with Crippen molar-refractivity contribution in [3.63, 3.8) is 0 Å². The van der Waals surface area contributed by atoms with E-state index in [1.165, 1.54) is 17.4 Å². The van der Waals surface area contributed by atoms with Gasteiger partial charge in [0.05, 0.1) is 13.2 Å². The highest BCUT2D eigenvalue weighted by molar-refractivity contribution is 7.15.